The Balaban J connectivity index is 0.00000196. The first-order valence-electron chi connectivity index (χ1n) is 4.39. The van der Waals surface area contributed by atoms with Crippen molar-refractivity contribution >= 4 is 24.0 Å². The topological polar surface area (TPSA) is 55.1 Å². The molecule has 4 heteroatoms. The SMILES string of the molecule is C=C[C@@H](N)c1ccc(NC(C)=O)cc1.Cl. The zero-order chi connectivity index (χ0) is 10.6. The first-order valence-corrected chi connectivity index (χ1v) is 4.39. The fraction of sp³-hybridized carbons (Fsp3) is 0.182. The second-order valence-corrected chi connectivity index (χ2v) is 3.06. The standard InChI is InChI=1S/C11H14N2O.ClH/c1-3-11(12)9-4-6-10(7-5-9)13-8(2)14;/h3-7,11H,1,12H2,2H3,(H,13,14);1H/t11-;/m1./s1. The summed E-state index contributed by atoms with van der Waals surface area (Å²) in [7, 11) is 0. The Labute approximate surface area is 95.8 Å². The highest BCUT2D eigenvalue weighted by atomic mass is 35.5. The van der Waals surface area contributed by atoms with Crippen molar-refractivity contribution in [2.45, 2.75) is 13.0 Å². The van der Waals surface area contributed by atoms with Crippen LogP contribution in [0.5, 0.6) is 0 Å². The van der Waals surface area contributed by atoms with Crippen LogP contribution in [0.3, 0.4) is 0 Å². The van der Waals surface area contributed by atoms with E-state index in [0.29, 0.717) is 0 Å². The number of carbonyl (C=O) groups is 1. The van der Waals surface area contributed by atoms with E-state index in [2.05, 4.69) is 11.9 Å². The third-order valence-electron chi connectivity index (χ3n) is 1.87. The van der Waals surface area contributed by atoms with E-state index in [-0.39, 0.29) is 24.4 Å². The van der Waals surface area contributed by atoms with Crippen LogP contribution in [0.2, 0.25) is 0 Å². The van der Waals surface area contributed by atoms with E-state index in [4.69, 9.17) is 5.73 Å². The third-order valence-corrected chi connectivity index (χ3v) is 1.87. The highest BCUT2D eigenvalue weighted by Crippen LogP contribution is 2.14. The minimum Gasteiger partial charge on any atom is -0.326 e. The monoisotopic (exact) mass is 226 g/mol. The summed E-state index contributed by atoms with van der Waals surface area (Å²) in [6, 6.07) is 7.23. The molecule has 0 heterocycles. The Bertz CT molecular complexity index is 335. The number of nitrogens with one attached hydrogen (secondary N) is 1. The largest absolute Gasteiger partial charge is 0.326 e. The van der Waals surface area contributed by atoms with E-state index in [1.165, 1.54) is 6.92 Å². The van der Waals surface area contributed by atoms with Gasteiger partial charge in [-0.05, 0) is 17.7 Å². The van der Waals surface area contributed by atoms with Crippen molar-refractivity contribution in [2.75, 3.05) is 5.32 Å². The molecule has 0 saturated carbocycles. The lowest BCUT2D eigenvalue weighted by atomic mass is 10.1. The maximum atomic E-state index is 10.7. The molecule has 1 aromatic carbocycles. The number of amides is 1. The van der Waals surface area contributed by atoms with Gasteiger partial charge >= 0.3 is 0 Å². The van der Waals surface area contributed by atoms with Crippen molar-refractivity contribution in [1.82, 2.24) is 0 Å². The van der Waals surface area contributed by atoms with Crippen LogP contribution >= 0.6 is 12.4 Å². The first-order chi connectivity index (χ1) is 6.63. The van der Waals surface area contributed by atoms with Gasteiger partial charge < -0.3 is 11.1 Å². The lowest BCUT2D eigenvalue weighted by Gasteiger charge is -2.07. The molecule has 1 amide bonds. The van der Waals surface area contributed by atoms with Crippen LogP contribution in [0.1, 0.15) is 18.5 Å². The molecule has 1 atom stereocenters. The normalized spacial score (nSPS) is 11.1. The predicted molar refractivity (Wildman–Crippen MR) is 65.1 cm³/mol. The van der Waals surface area contributed by atoms with Gasteiger partial charge in [-0.1, -0.05) is 18.2 Å². The van der Waals surface area contributed by atoms with Crippen LogP contribution in [0.15, 0.2) is 36.9 Å². The number of benzene rings is 1. The van der Waals surface area contributed by atoms with Crippen molar-refractivity contribution in [3.63, 3.8) is 0 Å². The molecule has 0 unspecified atom stereocenters. The van der Waals surface area contributed by atoms with E-state index >= 15 is 0 Å². The van der Waals surface area contributed by atoms with Gasteiger partial charge in [0.05, 0.1) is 0 Å². The smallest absolute Gasteiger partial charge is 0.221 e. The third kappa shape index (κ3) is 4.14. The predicted octanol–water partition coefficient (Wildman–Crippen LogP) is 2.25. The molecule has 0 aliphatic heterocycles. The Morgan fingerprint density at radius 1 is 1.47 bits per heavy atom. The molecular formula is C11H15ClN2O. The second kappa shape index (κ2) is 6.22. The number of halogens is 1. The highest BCUT2D eigenvalue weighted by Gasteiger charge is 2.00. The quantitative estimate of drug-likeness (QED) is 0.777. The van der Waals surface area contributed by atoms with E-state index in [1.54, 1.807) is 6.08 Å². The van der Waals surface area contributed by atoms with Crippen molar-refractivity contribution in [3.05, 3.63) is 42.5 Å². The van der Waals surface area contributed by atoms with Crippen LogP contribution in [-0.2, 0) is 4.79 Å². The molecule has 1 aromatic rings. The number of hydrogen-bond acceptors (Lipinski definition) is 2. The minimum atomic E-state index is -0.152. The molecule has 0 aromatic heterocycles. The summed E-state index contributed by atoms with van der Waals surface area (Å²) in [6.07, 6.45) is 1.67. The maximum Gasteiger partial charge on any atom is 0.221 e. The van der Waals surface area contributed by atoms with Gasteiger partial charge in [0.15, 0.2) is 0 Å². The number of rotatable bonds is 3. The molecule has 15 heavy (non-hydrogen) atoms. The molecule has 0 fully saturated rings. The van der Waals surface area contributed by atoms with Gasteiger partial charge in [-0.25, -0.2) is 0 Å². The molecule has 0 aliphatic carbocycles. The van der Waals surface area contributed by atoms with E-state index < -0.39 is 0 Å². The summed E-state index contributed by atoms with van der Waals surface area (Å²) in [5.41, 5.74) is 7.50. The molecule has 0 radical (unpaired) electrons. The molecule has 0 saturated heterocycles. The van der Waals surface area contributed by atoms with Gasteiger partial charge in [-0.2, -0.15) is 0 Å². The van der Waals surface area contributed by atoms with E-state index in [9.17, 15) is 4.79 Å². The molecule has 0 spiro atoms. The maximum absolute atomic E-state index is 10.7. The number of hydrogen-bond donors (Lipinski definition) is 2. The Kier molecular flexibility index (Phi) is 5.67. The Morgan fingerprint density at radius 3 is 2.40 bits per heavy atom. The molecule has 0 bridgehead atoms. The molecule has 3 nitrogen and oxygen atoms in total. The Hall–Kier alpha value is -1.32. The summed E-state index contributed by atoms with van der Waals surface area (Å²) in [4.78, 5) is 10.7. The van der Waals surface area contributed by atoms with Crippen molar-refractivity contribution in [3.8, 4) is 0 Å². The van der Waals surface area contributed by atoms with Gasteiger partial charge in [-0.15, -0.1) is 19.0 Å². The fourth-order valence-corrected chi connectivity index (χ4v) is 1.13. The van der Waals surface area contributed by atoms with Crippen molar-refractivity contribution in [1.29, 1.82) is 0 Å². The zero-order valence-electron chi connectivity index (χ0n) is 8.57. The molecule has 82 valence electrons. The minimum absolute atomic E-state index is 0. The van der Waals surface area contributed by atoms with Gasteiger partial charge in [0.2, 0.25) is 5.91 Å². The average molecular weight is 227 g/mol. The van der Waals surface area contributed by atoms with Gasteiger partial charge in [0.1, 0.15) is 0 Å². The molecule has 1 rings (SSSR count). The highest BCUT2D eigenvalue weighted by molar-refractivity contribution is 5.88. The first kappa shape index (κ1) is 13.7. The van der Waals surface area contributed by atoms with E-state index in [0.717, 1.165) is 11.3 Å². The summed E-state index contributed by atoms with van der Waals surface area (Å²) in [5.74, 6) is -0.0780. The molecular weight excluding hydrogens is 212 g/mol. The molecule has 3 N–H and O–H groups in total. The lowest BCUT2D eigenvalue weighted by Crippen LogP contribution is -2.08. The van der Waals surface area contributed by atoms with E-state index in [1.807, 2.05) is 24.3 Å². The summed E-state index contributed by atoms with van der Waals surface area (Å²) < 4.78 is 0. The van der Waals surface area contributed by atoms with Gasteiger partial charge in [-0.3, -0.25) is 4.79 Å². The lowest BCUT2D eigenvalue weighted by molar-refractivity contribution is -0.114. The second-order valence-electron chi connectivity index (χ2n) is 3.06. The van der Waals surface area contributed by atoms with Crippen LogP contribution in [-0.4, -0.2) is 5.91 Å². The summed E-state index contributed by atoms with van der Waals surface area (Å²) in [6.45, 7) is 5.09. The van der Waals surface area contributed by atoms with Crippen molar-refractivity contribution < 1.29 is 4.79 Å². The van der Waals surface area contributed by atoms with Crippen molar-refractivity contribution in [2.24, 2.45) is 5.73 Å². The number of carbonyl (C=O) groups excluding carboxylic acids is 1. The van der Waals surface area contributed by atoms with Crippen LogP contribution < -0.4 is 11.1 Å². The molecule has 0 aliphatic rings. The Morgan fingerprint density at radius 2 is 2.00 bits per heavy atom. The average Bonchev–Trinajstić information content (AvgIpc) is 2.17. The number of nitrogens with two attached hydrogens (primary N) is 1. The van der Waals surface area contributed by atoms with Crippen LogP contribution in [0.4, 0.5) is 5.69 Å². The van der Waals surface area contributed by atoms with Crippen LogP contribution in [0.25, 0.3) is 0 Å². The fourth-order valence-electron chi connectivity index (χ4n) is 1.13. The van der Waals surface area contributed by atoms with Gasteiger partial charge in [0.25, 0.3) is 0 Å². The van der Waals surface area contributed by atoms with Crippen LogP contribution in [0, 0.1) is 0 Å². The zero-order valence-corrected chi connectivity index (χ0v) is 9.38. The van der Waals surface area contributed by atoms with Gasteiger partial charge in [0, 0.05) is 18.7 Å². The summed E-state index contributed by atoms with van der Waals surface area (Å²) >= 11 is 0. The number of anilines is 1. The summed E-state index contributed by atoms with van der Waals surface area (Å²) in [5, 5.41) is 2.68.